The number of hydrogen-bond acceptors (Lipinski definition) is 6. The summed E-state index contributed by atoms with van der Waals surface area (Å²) in [6, 6.07) is 13.5. The maximum absolute atomic E-state index is 12.9. The van der Waals surface area contributed by atoms with Gasteiger partial charge in [-0.2, -0.15) is 0 Å². The standard InChI is InChI=1S/C22H22N2O4S2/c1-14(20(26)23-12-11-15-7-9-17(25)10-8-15)24-21(27)19(30-22(24)29)13-16-5-3-4-6-18(16)28-2/h3-10,13-14,25H,11-12H2,1-2H3,(H,23,26)/b19-13-/t14-/m0/s1. The van der Waals surface area contributed by atoms with Crippen molar-refractivity contribution < 1.29 is 19.4 Å². The van der Waals surface area contributed by atoms with Crippen LogP contribution >= 0.6 is 24.0 Å². The normalized spacial score (nSPS) is 16.1. The molecule has 1 heterocycles. The fraction of sp³-hybridized carbons (Fsp3) is 0.227. The first-order valence-electron chi connectivity index (χ1n) is 9.36. The zero-order valence-electron chi connectivity index (χ0n) is 16.6. The third kappa shape index (κ3) is 5.01. The van der Waals surface area contributed by atoms with Gasteiger partial charge in [-0.1, -0.05) is 54.3 Å². The van der Waals surface area contributed by atoms with Gasteiger partial charge in [0.05, 0.1) is 12.0 Å². The van der Waals surface area contributed by atoms with E-state index in [4.69, 9.17) is 17.0 Å². The van der Waals surface area contributed by atoms with Gasteiger partial charge in [0.25, 0.3) is 5.91 Å². The predicted octanol–water partition coefficient (Wildman–Crippen LogP) is 3.35. The van der Waals surface area contributed by atoms with E-state index in [0.717, 1.165) is 11.1 Å². The molecule has 1 atom stereocenters. The number of benzene rings is 2. The highest BCUT2D eigenvalue weighted by Crippen LogP contribution is 2.35. The second kappa shape index (κ2) is 9.77. The molecule has 0 saturated carbocycles. The minimum absolute atomic E-state index is 0.201. The van der Waals surface area contributed by atoms with Crippen molar-refractivity contribution >= 4 is 46.2 Å². The number of rotatable bonds is 7. The van der Waals surface area contributed by atoms with Crippen LogP contribution in [0.3, 0.4) is 0 Å². The average molecular weight is 443 g/mol. The molecule has 3 rings (SSSR count). The topological polar surface area (TPSA) is 78.9 Å². The van der Waals surface area contributed by atoms with Gasteiger partial charge in [0.2, 0.25) is 5.91 Å². The Morgan fingerprint density at radius 2 is 1.97 bits per heavy atom. The molecule has 30 heavy (non-hydrogen) atoms. The molecule has 1 aliphatic rings. The second-order valence-corrected chi connectivity index (χ2v) is 8.35. The molecule has 0 aliphatic carbocycles. The van der Waals surface area contributed by atoms with E-state index in [1.165, 1.54) is 16.7 Å². The lowest BCUT2D eigenvalue weighted by atomic mass is 10.1. The summed E-state index contributed by atoms with van der Waals surface area (Å²) < 4.78 is 5.68. The van der Waals surface area contributed by atoms with Crippen LogP contribution in [0, 0.1) is 0 Å². The number of ether oxygens (including phenoxy) is 1. The predicted molar refractivity (Wildman–Crippen MR) is 122 cm³/mol. The summed E-state index contributed by atoms with van der Waals surface area (Å²) in [6.45, 7) is 2.08. The van der Waals surface area contributed by atoms with E-state index < -0.39 is 6.04 Å². The van der Waals surface area contributed by atoms with Gasteiger partial charge in [-0.15, -0.1) is 0 Å². The Labute approximate surface area is 184 Å². The van der Waals surface area contributed by atoms with Gasteiger partial charge in [-0.3, -0.25) is 14.5 Å². The maximum atomic E-state index is 12.9. The van der Waals surface area contributed by atoms with Gasteiger partial charge in [0.1, 0.15) is 21.9 Å². The molecule has 8 heteroatoms. The zero-order valence-corrected chi connectivity index (χ0v) is 18.3. The molecule has 0 bridgehead atoms. The van der Waals surface area contributed by atoms with Crippen molar-refractivity contribution in [3.05, 3.63) is 64.6 Å². The number of nitrogens with zero attached hydrogens (tertiary/aromatic N) is 1. The monoisotopic (exact) mass is 442 g/mol. The number of amides is 2. The Bertz CT molecular complexity index is 989. The number of carbonyl (C=O) groups excluding carboxylic acids is 2. The molecule has 1 saturated heterocycles. The highest BCUT2D eigenvalue weighted by molar-refractivity contribution is 8.26. The van der Waals surface area contributed by atoms with Crippen LogP contribution in [0.15, 0.2) is 53.4 Å². The van der Waals surface area contributed by atoms with Crippen LogP contribution in [-0.4, -0.2) is 45.8 Å². The van der Waals surface area contributed by atoms with Gasteiger partial charge in [-0.25, -0.2) is 0 Å². The number of para-hydroxylation sites is 1. The Morgan fingerprint density at radius 1 is 1.27 bits per heavy atom. The zero-order chi connectivity index (χ0) is 21.7. The summed E-state index contributed by atoms with van der Waals surface area (Å²) >= 11 is 6.53. The minimum atomic E-state index is -0.721. The summed E-state index contributed by atoms with van der Waals surface area (Å²) in [5.41, 5.74) is 1.76. The molecule has 2 aromatic rings. The average Bonchev–Trinajstić information content (AvgIpc) is 3.02. The van der Waals surface area contributed by atoms with Crippen LogP contribution in [0.1, 0.15) is 18.1 Å². The van der Waals surface area contributed by atoms with Crippen LogP contribution in [0.4, 0.5) is 0 Å². The van der Waals surface area contributed by atoms with E-state index in [1.807, 2.05) is 24.3 Å². The molecule has 0 unspecified atom stereocenters. The fourth-order valence-corrected chi connectivity index (χ4v) is 4.41. The summed E-state index contributed by atoms with van der Waals surface area (Å²) in [5.74, 6) is 0.287. The van der Waals surface area contributed by atoms with Crippen molar-refractivity contribution in [3.8, 4) is 11.5 Å². The molecule has 2 amide bonds. The quantitative estimate of drug-likeness (QED) is 0.506. The van der Waals surface area contributed by atoms with E-state index in [2.05, 4.69) is 5.32 Å². The maximum Gasteiger partial charge on any atom is 0.266 e. The number of hydrogen-bond donors (Lipinski definition) is 2. The minimum Gasteiger partial charge on any atom is -0.508 e. The van der Waals surface area contributed by atoms with Gasteiger partial charge >= 0.3 is 0 Å². The fourth-order valence-electron chi connectivity index (χ4n) is 3.00. The van der Waals surface area contributed by atoms with Crippen LogP contribution in [0.5, 0.6) is 11.5 Å². The van der Waals surface area contributed by atoms with Gasteiger partial charge in [0, 0.05) is 12.1 Å². The Kier molecular flexibility index (Phi) is 7.12. The number of carbonyl (C=O) groups is 2. The Balaban J connectivity index is 1.63. The van der Waals surface area contributed by atoms with Crippen molar-refractivity contribution in [2.45, 2.75) is 19.4 Å². The van der Waals surface area contributed by atoms with Crippen LogP contribution in [0.25, 0.3) is 6.08 Å². The van der Waals surface area contributed by atoms with Gasteiger partial charge < -0.3 is 15.2 Å². The first kappa shape index (κ1) is 21.9. The van der Waals surface area contributed by atoms with E-state index in [9.17, 15) is 14.7 Å². The van der Waals surface area contributed by atoms with E-state index in [1.54, 1.807) is 44.4 Å². The lowest BCUT2D eigenvalue weighted by molar-refractivity contribution is -0.132. The smallest absolute Gasteiger partial charge is 0.266 e. The lowest BCUT2D eigenvalue weighted by Crippen LogP contribution is -2.47. The molecular weight excluding hydrogens is 420 g/mol. The van der Waals surface area contributed by atoms with Crippen LogP contribution in [0.2, 0.25) is 0 Å². The van der Waals surface area contributed by atoms with E-state index in [-0.39, 0.29) is 17.6 Å². The third-order valence-corrected chi connectivity index (χ3v) is 6.00. The van der Waals surface area contributed by atoms with Crippen LogP contribution in [-0.2, 0) is 16.0 Å². The summed E-state index contributed by atoms with van der Waals surface area (Å²) in [5, 5.41) is 12.2. The molecule has 1 fully saturated rings. The summed E-state index contributed by atoms with van der Waals surface area (Å²) in [4.78, 5) is 27.3. The highest BCUT2D eigenvalue weighted by Gasteiger charge is 2.38. The first-order chi connectivity index (χ1) is 14.4. The molecule has 0 spiro atoms. The summed E-state index contributed by atoms with van der Waals surface area (Å²) in [6.07, 6.45) is 2.35. The molecule has 2 aromatic carbocycles. The van der Waals surface area contributed by atoms with Crippen molar-refractivity contribution in [2.75, 3.05) is 13.7 Å². The molecule has 2 N–H and O–H groups in total. The Morgan fingerprint density at radius 3 is 2.67 bits per heavy atom. The van der Waals surface area contributed by atoms with Crippen molar-refractivity contribution in [1.82, 2.24) is 10.2 Å². The van der Waals surface area contributed by atoms with E-state index in [0.29, 0.717) is 27.9 Å². The number of thiocarbonyl (C=S) groups is 1. The van der Waals surface area contributed by atoms with Crippen molar-refractivity contribution in [1.29, 1.82) is 0 Å². The number of thioether (sulfide) groups is 1. The number of phenols is 1. The third-order valence-electron chi connectivity index (χ3n) is 4.67. The van der Waals surface area contributed by atoms with Gasteiger partial charge in [-0.05, 0) is 43.2 Å². The molecule has 0 radical (unpaired) electrons. The molecular formula is C22H22N2O4S2. The highest BCUT2D eigenvalue weighted by atomic mass is 32.2. The number of phenolic OH excluding ortho intramolecular Hbond substituents is 1. The number of nitrogens with one attached hydrogen (secondary N) is 1. The number of methoxy groups -OCH3 is 1. The number of aromatic hydroxyl groups is 1. The molecule has 6 nitrogen and oxygen atoms in total. The van der Waals surface area contributed by atoms with Crippen molar-refractivity contribution in [2.24, 2.45) is 0 Å². The Hall–Kier alpha value is -2.84. The second-order valence-electron chi connectivity index (χ2n) is 6.68. The molecule has 1 aliphatic heterocycles. The molecule has 156 valence electrons. The first-order valence-corrected chi connectivity index (χ1v) is 10.6. The SMILES string of the molecule is COc1ccccc1/C=C1\SC(=S)N([C@@H](C)C(=O)NCCc2ccc(O)cc2)C1=O. The van der Waals surface area contributed by atoms with Crippen molar-refractivity contribution in [3.63, 3.8) is 0 Å². The largest absolute Gasteiger partial charge is 0.508 e. The molecule has 0 aromatic heterocycles. The lowest BCUT2D eigenvalue weighted by Gasteiger charge is -2.22. The van der Waals surface area contributed by atoms with E-state index >= 15 is 0 Å². The van der Waals surface area contributed by atoms with Gasteiger partial charge in [0.15, 0.2) is 0 Å². The summed E-state index contributed by atoms with van der Waals surface area (Å²) in [7, 11) is 1.57. The van der Waals surface area contributed by atoms with Crippen LogP contribution < -0.4 is 10.1 Å².